The lowest BCUT2D eigenvalue weighted by Crippen LogP contribution is -2.21. The Morgan fingerprint density at radius 3 is 1.84 bits per heavy atom. The molecule has 1 aliphatic rings. The van der Waals surface area contributed by atoms with Crippen molar-refractivity contribution in [3.8, 4) is 0 Å². The molecule has 142 valence electrons. The van der Waals surface area contributed by atoms with Crippen molar-refractivity contribution in [3.05, 3.63) is 30.1 Å². The van der Waals surface area contributed by atoms with Crippen LogP contribution in [0.25, 0.3) is 0 Å². The number of rotatable bonds is 11. The van der Waals surface area contributed by atoms with Gasteiger partial charge >= 0.3 is 20.3 Å². The van der Waals surface area contributed by atoms with Crippen molar-refractivity contribution < 1.29 is 32.0 Å². The number of epoxide rings is 1. The molecule has 0 N–H and O–H groups in total. The third kappa shape index (κ3) is 3.62. The summed E-state index contributed by atoms with van der Waals surface area (Å²) in [5.74, 6) is 0. The van der Waals surface area contributed by atoms with Crippen molar-refractivity contribution in [1.29, 1.82) is 0 Å². The van der Waals surface area contributed by atoms with Crippen molar-refractivity contribution in [2.75, 3.05) is 26.4 Å². The van der Waals surface area contributed by atoms with Crippen LogP contribution in [0.1, 0.15) is 39.4 Å². The van der Waals surface area contributed by atoms with E-state index in [-0.39, 0.29) is 26.4 Å². The first-order valence-corrected chi connectivity index (χ1v) is 11.4. The Kier molecular flexibility index (Phi) is 6.96. The minimum absolute atomic E-state index is 0.0976. The Morgan fingerprint density at radius 1 is 1.00 bits per heavy atom. The van der Waals surface area contributed by atoms with Crippen LogP contribution in [0.4, 0.5) is 0 Å². The molecule has 10 heteroatoms. The molecule has 2 heterocycles. The molecule has 1 atom stereocenters. The van der Waals surface area contributed by atoms with E-state index < -0.39 is 26.4 Å². The number of hydrogen-bond acceptors (Lipinski definition) is 8. The summed E-state index contributed by atoms with van der Waals surface area (Å²) in [7, 11) is -7.95. The van der Waals surface area contributed by atoms with E-state index in [4.69, 9.17) is 22.8 Å². The third-order valence-corrected chi connectivity index (χ3v) is 9.66. The van der Waals surface area contributed by atoms with Crippen LogP contribution in [0.5, 0.6) is 0 Å². The van der Waals surface area contributed by atoms with Crippen molar-refractivity contribution in [1.82, 2.24) is 4.98 Å². The van der Waals surface area contributed by atoms with Gasteiger partial charge in [-0.1, -0.05) is 6.07 Å². The smallest absolute Gasteiger partial charge is 0.337 e. The van der Waals surface area contributed by atoms with Crippen LogP contribution in [-0.4, -0.2) is 36.5 Å². The van der Waals surface area contributed by atoms with Gasteiger partial charge in [-0.25, -0.2) is 0 Å². The van der Waals surface area contributed by atoms with E-state index in [2.05, 4.69) is 4.98 Å². The van der Waals surface area contributed by atoms with E-state index >= 15 is 0 Å². The lowest BCUT2D eigenvalue weighted by molar-refractivity contribution is 0.171. The molecule has 0 aromatic carbocycles. The number of aromatic nitrogens is 1. The number of nitrogens with zero attached hydrogens (tertiary/aromatic N) is 1. The number of pyridine rings is 1. The van der Waals surface area contributed by atoms with Crippen LogP contribution in [-0.2, 0) is 32.0 Å². The predicted molar refractivity (Wildman–Crippen MR) is 92.5 cm³/mol. The Bertz CT molecular complexity index is 605. The maximum absolute atomic E-state index is 13.6. The van der Waals surface area contributed by atoms with E-state index in [0.29, 0.717) is 5.56 Å². The summed E-state index contributed by atoms with van der Waals surface area (Å²) in [5.41, 5.74) is 0.599. The first kappa shape index (κ1) is 20.7. The monoisotopic (exact) mass is 393 g/mol. The van der Waals surface area contributed by atoms with E-state index in [1.807, 2.05) is 0 Å². The van der Waals surface area contributed by atoms with Crippen LogP contribution in [0, 0.1) is 0 Å². The topological polar surface area (TPSA) is 96.5 Å². The van der Waals surface area contributed by atoms with Gasteiger partial charge in [0.25, 0.3) is 0 Å². The summed E-state index contributed by atoms with van der Waals surface area (Å²) in [4.78, 5) is 4.04. The standard InChI is InChI=1S/C15H25NO7P2/c1-5-19-24(17,20-6-2)15(25(18,21-7-3)22-8-4)14(23-15)13-10-9-11-16-12-13/h9-12,14H,5-8H2,1-4H3. The van der Waals surface area contributed by atoms with Gasteiger partial charge in [0.2, 0.25) is 0 Å². The molecule has 1 aliphatic heterocycles. The maximum Gasteiger partial charge on any atom is 0.378 e. The van der Waals surface area contributed by atoms with Gasteiger partial charge < -0.3 is 22.8 Å². The normalized spacial score (nSPS) is 19.8. The van der Waals surface area contributed by atoms with Gasteiger partial charge in [-0.15, -0.1) is 0 Å². The lowest BCUT2D eigenvalue weighted by Gasteiger charge is -2.29. The van der Waals surface area contributed by atoms with Crippen molar-refractivity contribution in [2.24, 2.45) is 0 Å². The van der Waals surface area contributed by atoms with Gasteiger partial charge in [0.05, 0.1) is 26.4 Å². The highest BCUT2D eigenvalue weighted by Crippen LogP contribution is 2.89. The summed E-state index contributed by atoms with van der Waals surface area (Å²) in [6, 6.07) is 3.45. The minimum Gasteiger partial charge on any atom is -0.337 e. The second-order valence-corrected chi connectivity index (χ2v) is 9.81. The zero-order valence-electron chi connectivity index (χ0n) is 14.9. The molecule has 1 unspecified atom stereocenters. The second-order valence-electron chi connectivity index (χ2n) is 5.11. The summed E-state index contributed by atoms with van der Waals surface area (Å²) in [6.45, 7) is 7.09. The molecular weight excluding hydrogens is 368 g/mol. The zero-order chi connectivity index (χ0) is 18.6. The summed E-state index contributed by atoms with van der Waals surface area (Å²) >= 11 is 0. The predicted octanol–water partition coefficient (Wildman–Crippen LogP) is 4.34. The van der Waals surface area contributed by atoms with Crippen LogP contribution in [0.15, 0.2) is 24.5 Å². The zero-order valence-corrected chi connectivity index (χ0v) is 16.7. The molecule has 0 bridgehead atoms. The van der Waals surface area contributed by atoms with E-state index in [1.54, 1.807) is 52.2 Å². The molecule has 0 amide bonds. The third-order valence-electron chi connectivity index (χ3n) is 3.54. The Labute approximate surface area is 148 Å². The molecule has 1 aromatic heterocycles. The summed E-state index contributed by atoms with van der Waals surface area (Å²) in [5, 5.41) is -1.83. The average Bonchev–Trinajstić information content (AvgIpc) is 3.35. The van der Waals surface area contributed by atoms with Gasteiger partial charge in [0.15, 0.2) is 0 Å². The van der Waals surface area contributed by atoms with Gasteiger partial charge in [0.1, 0.15) is 6.10 Å². The fraction of sp³-hybridized carbons (Fsp3) is 0.667. The fourth-order valence-electron chi connectivity index (χ4n) is 2.65. The van der Waals surface area contributed by atoms with Gasteiger partial charge in [-0.3, -0.25) is 14.1 Å². The van der Waals surface area contributed by atoms with E-state index in [9.17, 15) is 9.13 Å². The molecule has 0 aliphatic carbocycles. The van der Waals surface area contributed by atoms with Crippen LogP contribution in [0.2, 0.25) is 0 Å². The SMILES string of the molecule is CCOP(=O)(OCC)C1(P(=O)(OCC)OCC)OC1c1cccnc1. The molecular formula is C15H25NO7P2. The number of hydrogen-bond donors (Lipinski definition) is 0. The summed E-state index contributed by atoms with van der Waals surface area (Å²) < 4.78 is 54.6. The first-order valence-electron chi connectivity index (χ1n) is 8.30. The van der Waals surface area contributed by atoms with Crippen molar-refractivity contribution in [2.45, 2.75) is 38.9 Å². The second kappa shape index (κ2) is 8.40. The van der Waals surface area contributed by atoms with Crippen molar-refractivity contribution >= 4 is 15.2 Å². The molecule has 1 fully saturated rings. The van der Waals surface area contributed by atoms with Crippen LogP contribution >= 0.6 is 15.2 Å². The number of ether oxygens (including phenoxy) is 1. The highest BCUT2D eigenvalue weighted by atomic mass is 31.2. The molecule has 0 saturated carbocycles. The Morgan fingerprint density at radius 2 is 1.48 bits per heavy atom. The lowest BCUT2D eigenvalue weighted by atomic mass is 10.2. The molecule has 0 spiro atoms. The highest BCUT2D eigenvalue weighted by molar-refractivity contribution is 7.74. The highest BCUT2D eigenvalue weighted by Gasteiger charge is 2.83. The van der Waals surface area contributed by atoms with Gasteiger partial charge in [0, 0.05) is 18.0 Å². The van der Waals surface area contributed by atoms with E-state index in [1.165, 1.54) is 0 Å². The van der Waals surface area contributed by atoms with Gasteiger partial charge in [-0.05, 0) is 33.8 Å². The largest absolute Gasteiger partial charge is 0.378 e. The molecule has 1 saturated heterocycles. The molecule has 1 aromatic rings. The summed E-state index contributed by atoms with van der Waals surface area (Å²) in [6.07, 6.45) is 2.33. The first-order chi connectivity index (χ1) is 11.9. The van der Waals surface area contributed by atoms with Crippen molar-refractivity contribution in [3.63, 3.8) is 0 Å². The Hall–Kier alpha value is -0.590. The molecule has 0 radical (unpaired) electrons. The van der Waals surface area contributed by atoms with E-state index in [0.717, 1.165) is 0 Å². The quantitative estimate of drug-likeness (QED) is 0.405. The average molecular weight is 393 g/mol. The maximum atomic E-state index is 13.6. The van der Waals surface area contributed by atoms with Crippen LogP contribution in [0.3, 0.4) is 0 Å². The minimum atomic E-state index is -3.98. The van der Waals surface area contributed by atoms with Crippen LogP contribution < -0.4 is 0 Å². The fourth-order valence-corrected chi connectivity index (χ4v) is 8.13. The Balaban J connectivity index is 2.57. The molecule has 25 heavy (non-hydrogen) atoms. The van der Waals surface area contributed by atoms with Gasteiger partial charge in [-0.2, -0.15) is 0 Å². The molecule has 2 rings (SSSR count). The molecule has 8 nitrogen and oxygen atoms in total.